The first-order valence-corrected chi connectivity index (χ1v) is 3.68. The van der Waals surface area contributed by atoms with E-state index in [-0.39, 0.29) is 13.4 Å². The zero-order chi connectivity index (χ0) is 8.81. The lowest BCUT2D eigenvalue weighted by Crippen LogP contribution is -1.98. The summed E-state index contributed by atoms with van der Waals surface area (Å²) in [6.45, 7) is 0.263. The van der Waals surface area contributed by atoms with E-state index < -0.39 is 0 Å². The number of aliphatic hydroxyl groups excluding tert-OH is 1. The molecule has 0 radical (unpaired) electrons. The maximum absolute atomic E-state index is 8.80. The number of methoxy groups -OCH3 is 1. The molecule has 0 bridgehead atoms. The quantitative estimate of drug-likeness (QED) is 0.686. The predicted molar refractivity (Wildman–Crippen MR) is 44.9 cm³/mol. The molecule has 0 spiro atoms. The van der Waals surface area contributed by atoms with E-state index >= 15 is 0 Å². The van der Waals surface area contributed by atoms with Crippen molar-refractivity contribution in [2.45, 2.75) is 6.61 Å². The second-order valence-corrected chi connectivity index (χ2v) is 2.36. The Morgan fingerprint density at radius 3 is 2.92 bits per heavy atom. The van der Waals surface area contributed by atoms with Gasteiger partial charge in [0, 0.05) is 7.11 Å². The van der Waals surface area contributed by atoms with E-state index in [4.69, 9.17) is 14.6 Å². The Morgan fingerprint density at radius 2 is 2.25 bits per heavy atom. The van der Waals surface area contributed by atoms with Crippen LogP contribution in [-0.2, 0) is 11.3 Å². The van der Waals surface area contributed by atoms with Gasteiger partial charge >= 0.3 is 0 Å². The number of rotatable bonds is 4. The summed E-state index contributed by atoms with van der Waals surface area (Å²) in [5, 5.41) is 8.80. The van der Waals surface area contributed by atoms with Crippen LogP contribution in [0.1, 0.15) is 5.56 Å². The average Bonchev–Trinajstić information content (AvgIpc) is 2.15. The summed E-state index contributed by atoms with van der Waals surface area (Å²) in [5.41, 5.74) is 0.837. The highest BCUT2D eigenvalue weighted by Crippen LogP contribution is 2.12. The zero-order valence-electron chi connectivity index (χ0n) is 6.99. The summed E-state index contributed by atoms with van der Waals surface area (Å²) in [5.74, 6) is 0.711. The fourth-order valence-corrected chi connectivity index (χ4v) is 0.861. The normalized spacial score (nSPS) is 9.83. The highest BCUT2D eigenvalue weighted by Gasteiger charge is 1.94. The van der Waals surface area contributed by atoms with Gasteiger partial charge in [-0.05, 0) is 17.7 Å². The molecule has 3 heteroatoms. The van der Waals surface area contributed by atoms with Gasteiger partial charge in [0.1, 0.15) is 5.75 Å². The van der Waals surface area contributed by atoms with Gasteiger partial charge in [-0.15, -0.1) is 0 Å². The monoisotopic (exact) mass is 168 g/mol. The lowest BCUT2D eigenvalue weighted by molar-refractivity contribution is 0.0510. The van der Waals surface area contributed by atoms with Crippen molar-refractivity contribution in [3.05, 3.63) is 29.8 Å². The van der Waals surface area contributed by atoms with Gasteiger partial charge < -0.3 is 14.6 Å². The summed E-state index contributed by atoms with van der Waals surface area (Å²) in [6.07, 6.45) is 0. The van der Waals surface area contributed by atoms with Crippen LogP contribution in [0.3, 0.4) is 0 Å². The minimum absolute atomic E-state index is 0.0319. The first-order chi connectivity index (χ1) is 5.86. The number of ether oxygens (including phenoxy) is 2. The van der Waals surface area contributed by atoms with Crippen molar-refractivity contribution in [3.63, 3.8) is 0 Å². The molecule has 0 aliphatic rings. The van der Waals surface area contributed by atoms with Gasteiger partial charge in [0.15, 0.2) is 6.79 Å². The summed E-state index contributed by atoms with van der Waals surface area (Å²) in [7, 11) is 1.57. The van der Waals surface area contributed by atoms with Crippen molar-refractivity contribution < 1.29 is 14.6 Å². The molecule has 0 aliphatic heterocycles. The van der Waals surface area contributed by atoms with Gasteiger partial charge in [0.25, 0.3) is 0 Å². The van der Waals surface area contributed by atoms with E-state index in [2.05, 4.69) is 0 Å². The lowest BCUT2D eigenvalue weighted by atomic mass is 10.2. The predicted octanol–water partition coefficient (Wildman–Crippen LogP) is 1.16. The van der Waals surface area contributed by atoms with E-state index in [0.717, 1.165) is 5.56 Å². The third kappa shape index (κ3) is 2.53. The molecule has 0 aliphatic carbocycles. The fraction of sp³-hybridized carbons (Fsp3) is 0.333. The number of benzene rings is 1. The maximum Gasteiger partial charge on any atom is 0.188 e. The molecule has 0 atom stereocenters. The Bertz CT molecular complexity index is 235. The van der Waals surface area contributed by atoms with E-state index in [9.17, 15) is 0 Å². The molecule has 0 heterocycles. The molecule has 1 aromatic carbocycles. The number of hydrogen-bond donors (Lipinski definition) is 1. The molecule has 0 unspecified atom stereocenters. The van der Waals surface area contributed by atoms with Crippen LogP contribution < -0.4 is 4.74 Å². The zero-order valence-corrected chi connectivity index (χ0v) is 6.99. The van der Waals surface area contributed by atoms with E-state index in [1.807, 2.05) is 18.2 Å². The van der Waals surface area contributed by atoms with Crippen LogP contribution in [0.5, 0.6) is 5.75 Å². The first-order valence-electron chi connectivity index (χ1n) is 3.68. The Hall–Kier alpha value is -1.06. The standard InChI is InChI=1S/C9H12O3/c1-11-7-12-9-4-2-3-8(5-9)6-10/h2-5,10H,6-7H2,1H3. The molecule has 0 amide bonds. The summed E-state index contributed by atoms with van der Waals surface area (Å²) < 4.78 is 9.90. The molecule has 66 valence electrons. The maximum atomic E-state index is 8.80. The van der Waals surface area contributed by atoms with Crippen LogP contribution in [0.15, 0.2) is 24.3 Å². The molecule has 12 heavy (non-hydrogen) atoms. The summed E-state index contributed by atoms with van der Waals surface area (Å²) in [6, 6.07) is 7.26. The Kier molecular flexibility index (Phi) is 3.57. The average molecular weight is 168 g/mol. The minimum Gasteiger partial charge on any atom is -0.468 e. The summed E-state index contributed by atoms with van der Waals surface area (Å²) in [4.78, 5) is 0. The Labute approximate surface area is 71.5 Å². The van der Waals surface area contributed by atoms with Crippen LogP contribution in [0.2, 0.25) is 0 Å². The van der Waals surface area contributed by atoms with Gasteiger partial charge in [-0.3, -0.25) is 0 Å². The van der Waals surface area contributed by atoms with Gasteiger partial charge in [-0.1, -0.05) is 12.1 Å². The topological polar surface area (TPSA) is 38.7 Å². The Balaban J connectivity index is 2.60. The number of hydrogen-bond acceptors (Lipinski definition) is 3. The van der Waals surface area contributed by atoms with Crippen molar-refractivity contribution in [1.82, 2.24) is 0 Å². The second kappa shape index (κ2) is 4.74. The molecule has 0 saturated heterocycles. The summed E-state index contributed by atoms with van der Waals surface area (Å²) >= 11 is 0. The first kappa shape index (κ1) is 9.03. The second-order valence-electron chi connectivity index (χ2n) is 2.36. The largest absolute Gasteiger partial charge is 0.468 e. The van der Waals surface area contributed by atoms with Gasteiger partial charge in [0.2, 0.25) is 0 Å². The molecule has 1 N–H and O–H groups in total. The van der Waals surface area contributed by atoms with Crippen LogP contribution in [0, 0.1) is 0 Å². The fourth-order valence-electron chi connectivity index (χ4n) is 0.861. The van der Waals surface area contributed by atoms with E-state index in [1.165, 1.54) is 0 Å². The van der Waals surface area contributed by atoms with Gasteiger partial charge in [0.05, 0.1) is 6.61 Å². The molecular weight excluding hydrogens is 156 g/mol. The van der Waals surface area contributed by atoms with E-state index in [0.29, 0.717) is 5.75 Å². The van der Waals surface area contributed by atoms with Crippen molar-refractivity contribution in [2.75, 3.05) is 13.9 Å². The molecule has 0 fully saturated rings. The molecule has 1 rings (SSSR count). The van der Waals surface area contributed by atoms with Crippen LogP contribution in [-0.4, -0.2) is 19.0 Å². The van der Waals surface area contributed by atoms with Gasteiger partial charge in [-0.2, -0.15) is 0 Å². The van der Waals surface area contributed by atoms with E-state index in [1.54, 1.807) is 13.2 Å². The van der Waals surface area contributed by atoms with Gasteiger partial charge in [-0.25, -0.2) is 0 Å². The molecular formula is C9H12O3. The molecule has 1 aromatic rings. The van der Waals surface area contributed by atoms with Crippen LogP contribution in [0.4, 0.5) is 0 Å². The van der Waals surface area contributed by atoms with Crippen molar-refractivity contribution in [2.24, 2.45) is 0 Å². The lowest BCUT2D eigenvalue weighted by Gasteiger charge is -2.04. The number of aliphatic hydroxyl groups is 1. The molecule has 3 nitrogen and oxygen atoms in total. The third-order valence-electron chi connectivity index (χ3n) is 1.42. The molecule has 0 aromatic heterocycles. The van der Waals surface area contributed by atoms with Crippen molar-refractivity contribution in [1.29, 1.82) is 0 Å². The third-order valence-corrected chi connectivity index (χ3v) is 1.42. The Morgan fingerprint density at radius 1 is 1.42 bits per heavy atom. The smallest absolute Gasteiger partial charge is 0.188 e. The highest BCUT2D eigenvalue weighted by atomic mass is 16.7. The van der Waals surface area contributed by atoms with Crippen molar-refractivity contribution >= 4 is 0 Å². The highest BCUT2D eigenvalue weighted by molar-refractivity contribution is 5.27. The van der Waals surface area contributed by atoms with Crippen LogP contribution >= 0.6 is 0 Å². The molecule has 0 saturated carbocycles. The van der Waals surface area contributed by atoms with Crippen LogP contribution in [0.25, 0.3) is 0 Å². The van der Waals surface area contributed by atoms with Crippen molar-refractivity contribution in [3.8, 4) is 5.75 Å². The SMILES string of the molecule is COCOc1cccc(CO)c1. The minimum atomic E-state index is 0.0319.